The van der Waals surface area contributed by atoms with Crippen molar-refractivity contribution in [3.8, 4) is 11.8 Å². The van der Waals surface area contributed by atoms with Gasteiger partial charge in [0.1, 0.15) is 0 Å². The van der Waals surface area contributed by atoms with Gasteiger partial charge in [0.25, 0.3) is 0 Å². The first-order chi connectivity index (χ1) is 9.78. The zero-order valence-electron chi connectivity index (χ0n) is 12.5. The summed E-state index contributed by atoms with van der Waals surface area (Å²) in [7, 11) is -2.29. The number of sulfonamides is 1. The molecule has 1 atom stereocenters. The molecular formula is C15H21NO4S. The van der Waals surface area contributed by atoms with Crippen LogP contribution in [0.25, 0.3) is 0 Å². The van der Waals surface area contributed by atoms with Crippen molar-refractivity contribution in [3.63, 3.8) is 0 Å². The van der Waals surface area contributed by atoms with Crippen molar-refractivity contribution in [1.29, 1.82) is 0 Å². The summed E-state index contributed by atoms with van der Waals surface area (Å²) < 4.78 is 26.2. The van der Waals surface area contributed by atoms with Gasteiger partial charge in [-0.1, -0.05) is 17.9 Å². The van der Waals surface area contributed by atoms with Crippen molar-refractivity contribution in [3.05, 3.63) is 29.3 Å². The van der Waals surface area contributed by atoms with Crippen LogP contribution in [-0.2, 0) is 10.0 Å². The summed E-state index contributed by atoms with van der Waals surface area (Å²) in [5, 5.41) is 18.1. The molecule has 6 heteroatoms. The first kappa shape index (κ1) is 17.7. The second-order valence-electron chi connectivity index (χ2n) is 4.91. The van der Waals surface area contributed by atoms with Gasteiger partial charge in [-0.15, -0.1) is 0 Å². The van der Waals surface area contributed by atoms with Crippen LogP contribution in [0.15, 0.2) is 23.1 Å². The van der Waals surface area contributed by atoms with Crippen molar-refractivity contribution >= 4 is 10.0 Å². The van der Waals surface area contributed by atoms with Gasteiger partial charge in [-0.05, 0) is 31.5 Å². The Labute approximate surface area is 126 Å². The van der Waals surface area contributed by atoms with Crippen LogP contribution >= 0.6 is 0 Å². The minimum Gasteiger partial charge on any atom is -0.395 e. The van der Waals surface area contributed by atoms with Crippen molar-refractivity contribution in [2.75, 3.05) is 20.2 Å². The predicted octanol–water partition coefficient (Wildman–Crippen LogP) is 0.730. The maximum atomic E-state index is 12.5. The highest BCUT2D eigenvalue weighted by atomic mass is 32.2. The van der Waals surface area contributed by atoms with Crippen molar-refractivity contribution in [2.24, 2.45) is 0 Å². The van der Waals surface area contributed by atoms with E-state index in [-0.39, 0.29) is 24.5 Å². The van der Waals surface area contributed by atoms with E-state index in [1.165, 1.54) is 20.0 Å². The third-order valence-electron chi connectivity index (χ3n) is 2.80. The molecular weight excluding hydrogens is 290 g/mol. The number of aliphatic hydroxyl groups excluding tert-OH is 2. The molecule has 0 radical (unpaired) electrons. The summed E-state index contributed by atoms with van der Waals surface area (Å²) in [5.74, 6) is 5.53. The summed E-state index contributed by atoms with van der Waals surface area (Å²) >= 11 is 0. The maximum absolute atomic E-state index is 12.5. The largest absolute Gasteiger partial charge is 0.395 e. The van der Waals surface area contributed by atoms with E-state index in [1.54, 1.807) is 12.1 Å². The van der Waals surface area contributed by atoms with Gasteiger partial charge < -0.3 is 10.2 Å². The number of hydrogen-bond donors (Lipinski definition) is 2. The molecule has 0 bridgehead atoms. The van der Waals surface area contributed by atoms with Gasteiger partial charge in [-0.25, -0.2) is 8.42 Å². The summed E-state index contributed by atoms with van der Waals surface area (Å²) in [6.07, 6.45) is -0.462. The Kier molecular flexibility index (Phi) is 6.37. The number of nitrogens with zero attached hydrogens (tertiary/aromatic N) is 1. The molecule has 0 aliphatic carbocycles. The van der Waals surface area contributed by atoms with Crippen LogP contribution < -0.4 is 0 Å². The molecule has 1 unspecified atom stereocenters. The fraction of sp³-hybridized carbons (Fsp3) is 0.467. The van der Waals surface area contributed by atoms with Crippen LogP contribution in [0.2, 0.25) is 0 Å². The highest BCUT2D eigenvalue weighted by molar-refractivity contribution is 7.89. The second kappa shape index (κ2) is 7.57. The van der Waals surface area contributed by atoms with E-state index in [1.807, 2.05) is 6.92 Å². The lowest BCUT2D eigenvalue weighted by molar-refractivity contribution is 0.171. The van der Waals surface area contributed by atoms with Gasteiger partial charge in [0, 0.05) is 25.6 Å². The molecule has 1 aromatic carbocycles. The van der Waals surface area contributed by atoms with E-state index < -0.39 is 16.1 Å². The molecule has 0 amide bonds. The molecule has 0 fully saturated rings. The highest BCUT2D eigenvalue weighted by Crippen LogP contribution is 2.20. The van der Waals surface area contributed by atoms with Crippen molar-refractivity contribution < 1.29 is 18.6 Å². The molecule has 0 aliphatic rings. The van der Waals surface area contributed by atoms with Gasteiger partial charge in [-0.3, -0.25) is 0 Å². The molecule has 5 nitrogen and oxygen atoms in total. The van der Waals surface area contributed by atoms with Crippen LogP contribution in [0, 0.1) is 18.8 Å². The Hall–Kier alpha value is -1.39. The fourth-order valence-electron chi connectivity index (χ4n) is 1.82. The molecule has 0 spiro atoms. The molecule has 1 rings (SSSR count). The van der Waals surface area contributed by atoms with E-state index >= 15 is 0 Å². The van der Waals surface area contributed by atoms with E-state index in [0.29, 0.717) is 5.56 Å². The first-order valence-corrected chi connectivity index (χ1v) is 8.08. The Morgan fingerprint density at radius 1 is 1.38 bits per heavy atom. The Balaban J connectivity index is 3.26. The molecule has 21 heavy (non-hydrogen) atoms. The van der Waals surface area contributed by atoms with Crippen LogP contribution in [-0.4, -0.2) is 49.2 Å². The summed E-state index contributed by atoms with van der Waals surface area (Å²) in [6, 6.07) is 4.93. The highest BCUT2D eigenvalue weighted by Gasteiger charge is 2.24. The van der Waals surface area contributed by atoms with Gasteiger partial charge in [0.15, 0.2) is 0 Å². The summed E-state index contributed by atoms with van der Waals surface area (Å²) in [6.45, 7) is 3.33. The van der Waals surface area contributed by atoms with Gasteiger partial charge in [0.05, 0.1) is 17.6 Å². The Morgan fingerprint density at radius 3 is 2.62 bits per heavy atom. The third kappa shape index (κ3) is 4.83. The monoisotopic (exact) mass is 311 g/mol. The quantitative estimate of drug-likeness (QED) is 0.786. The number of hydrogen-bond acceptors (Lipinski definition) is 4. The zero-order chi connectivity index (χ0) is 16.0. The molecule has 2 N–H and O–H groups in total. The minimum atomic E-state index is -3.71. The van der Waals surface area contributed by atoms with Crippen LogP contribution in [0.1, 0.15) is 24.5 Å². The third-order valence-corrected chi connectivity index (χ3v) is 4.69. The number of rotatable bonds is 5. The van der Waals surface area contributed by atoms with Crippen molar-refractivity contribution in [2.45, 2.75) is 31.3 Å². The first-order valence-electron chi connectivity index (χ1n) is 6.64. The van der Waals surface area contributed by atoms with E-state index in [2.05, 4.69) is 11.8 Å². The van der Waals surface area contributed by atoms with E-state index in [9.17, 15) is 13.5 Å². The smallest absolute Gasteiger partial charge is 0.244 e. The van der Waals surface area contributed by atoms with Gasteiger partial charge >= 0.3 is 0 Å². The van der Waals surface area contributed by atoms with Gasteiger partial charge in [-0.2, -0.15) is 4.31 Å². The van der Waals surface area contributed by atoms with Crippen LogP contribution in [0.4, 0.5) is 0 Å². The van der Waals surface area contributed by atoms with Crippen LogP contribution in [0.3, 0.4) is 0 Å². The Morgan fingerprint density at radius 2 is 2.05 bits per heavy atom. The molecule has 0 saturated heterocycles. The molecule has 0 aromatic heterocycles. The fourth-order valence-corrected chi connectivity index (χ4v) is 3.19. The average molecular weight is 311 g/mol. The maximum Gasteiger partial charge on any atom is 0.244 e. The predicted molar refractivity (Wildman–Crippen MR) is 81.3 cm³/mol. The summed E-state index contributed by atoms with van der Waals surface area (Å²) in [4.78, 5) is 0.113. The molecule has 1 aromatic rings. The Bertz CT molecular complexity index is 641. The van der Waals surface area contributed by atoms with E-state index in [0.717, 1.165) is 9.87 Å². The lowest BCUT2D eigenvalue weighted by Gasteiger charge is -2.19. The minimum absolute atomic E-state index is 0.0136. The average Bonchev–Trinajstić information content (AvgIpc) is 2.38. The molecule has 116 valence electrons. The number of likely N-dealkylation sites (N-methyl/N-ethyl adjacent to an activating group) is 1. The number of aryl methyl sites for hydroxylation is 1. The lowest BCUT2D eigenvalue weighted by atomic mass is 10.1. The topological polar surface area (TPSA) is 77.8 Å². The second-order valence-corrected chi connectivity index (χ2v) is 6.92. The molecule has 0 aliphatic heterocycles. The number of benzene rings is 1. The summed E-state index contributed by atoms with van der Waals surface area (Å²) in [5.41, 5.74) is 1.31. The lowest BCUT2D eigenvalue weighted by Crippen LogP contribution is -2.33. The zero-order valence-corrected chi connectivity index (χ0v) is 13.3. The normalized spacial score (nSPS) is 12.9. The van der Waals surface area contributed by atoms with Crippen LogP contribution in [0.5, 0.6) is 0 Å². The van der Waals surface area contributed by atoms with E-state index in [4.69, 9.17) is 5.11 Å². The number of aliphatic hydroxyl groups is 2. The van der Waals surface area contributed by atoms with Crippen molar-refractivity contribution in [1.82, 2.24) is 4.31 Å². The standard InChI is InChI=1S/C15H21NO4S/c1-12-7-8-15(14(10-12)6-4-5-9-17)21(19,20)16(3)11-13(2)18/h7-8,10,13,17-18H,5,9,11H2,1-3H3. The SMILES string of the molecule is Cc1ccc(S(=O)(=O)N(C)CC(C)O)c(C#CCCO)c1. The molecule has 0 heterocycles. The molecule has 0 saturated carbocycles. The van der Waals surface area contributed by atoms with Gasteiger partial charge in [0.2, 0.25) is 10.0 Å².